The number of pyridine rings is 3. The summed E-state index contributed by atoms with van der Waals surface area (Å²) in [5, 5.41) is 28.4. The molecule has 0 saturated heterocycles. The predicted octanol–water partition coefficient (Wildman–Crippen LogP) is 39.9. The smallest absolute Gasteiger partial charge is 0.0722 e. The summed E-state index contributed by atoms with van der Waals surface area (Å²) in [4.78, 5) is 15.6. The van der Waals surface area contributed by atoms with Crippen molar-refractivity contribution in [2.45, 2.75) is 0 Å². The summed E-state index contributed by atoms with van der Waals surface area (Å²) in [5.74, 6) is 0. The van der Waals surface area contributed by atoms with Gasteiger partial charge < -0.3 is 0 Å². The molecule has 0 fully saturated rings. The van der Waals surface area contributed by atoms with Crippen molar-refractivity contribution in [3.05, 3.63) is 564 Å². The highest BCUT2D eigenvalue weighted by molar-refractivity contribution is 6.27. The quantitative estimate of drug-likeness (QED) is 0.0853. The van der Waals surface area contributed by atoms with Crippen molar-refractivity contribution >= 4 is 140 Å². The van der Waals surface area contributed by atoms with Crippen LogP contribution >= 0.6 is 0 Å². The monoisotopic (exact) mass is 1880 g/mol. The highest BCUT2D eigenvalue weighted by atomic mass is 14.7. The van der Waals surface area contributed by atoms with E-state index in [0.29, 0.717) is 0 Å². The Kier molecular flexibility index (Phi) is 22.3. The molecule has 0 atom stereocenters. The minimum absolute atomic E-state index is 0.974. The standard InChI is InChI=1S/C51H33N.C49H31N.C45H29N/c1-4-16-35(17-5-1)48-33-45(51-41-24-11-10-15-34(41)28-30-47(51)52-48)40-23-14-22-38(31-40)39-27-29-44-46(32-39)50(37-20-8-3-9-21-37)43-26-13-12-25-42(43)49(44)36-18-6-2-7-19-36;1-2-15-34(16-3-1)46-31-44(49-39-20-7-6-14-33(39)27-28-45(49)50-46)36-18-12-19-37(30-36)47-40-21-8-10-23-42(40)48(43-24-11-9-22-41(43)47)38-26-25-32-13-4-5-17-35(32)29-38;1-3-15-31(16-4-1)42-29-40(45-35-21-8-7-14-30(35)26-27-41(45)46-42)33-19-13-20-34(28-33)44-38-24-11-9-22-36(38)43(32-17-5-2-6-18-32)37-23-10-12-25-39(37)44/h1-33H;1-31H;1-29H. The molecule has 29 aromatic rings. The molecule has 26 aromatic carbocycles. The molecule has 688 valence electrons. The second-order valence-electron chi connectivity index (χ2n) is 38.4. The molecule has 0 radical (unpaired) electrons. The van der Waals surface area contributed by atoms with E-state index in [9.17, 15) is 0 Å². The zero-order valence-electron chi connectivity index (χ0n) is 81.0. The van der Waals surface area contributed by atoms with Crippen LogP contribution in [0.5, 0.6) is 0 Å². The molecule has 0 amide bonds. The van der Waals surface area contributed by atoms with Crippen molar-refractivity contribution in [2.75, 3.05) is 0 Å². The third-order valence-corrected chi connectivity index (χ3v) is 29.8. The highest BCUT2D eigenvalue weighted by Crippen LogP contribution is 2.52. The molecule has 0 N–H and O–H groups in total. The van der Waals surface area contributed by atoms with Crippen LogP contribution in [0, 0.1) is 0 Å². The molecule has 3 aromatic heterocycles. The predicted molar refractivity (Wildman–Crippen MR) is 631 cm³/mol. The fourth-order valence-electron chi connectivity index (χ4n) is 23.2. The van der Waals surface area contributed by atoms with Crippen LogP contribution in [0.25, 0.3) is 285 Å². The lowest BCUT2D eigenvalue weighted by Crippen LogP contribution is -1.93. The molecule has 0 spiro atoms. The molecule has 3 nitrogen and oxygen atoms in total. The van der Waals surface area contributed by atoms with Gasteiger partial charge in [-0.25, -0.2) is 15.0 Å². The normalized spacial score (nSPS) is 11.5. The molecular weight excluding hydrogens is 1780 g/mol. The average molecular weight is 1880 g/mol. The van der Waals surface area contributed by atoms with Crippen molar-refractivity contribution in [1.29, 1.82) is 0 Å². The van der Waals surface area contributed by atoms with Crippen LogP contribution in [-0.4, -0.2) is 15.0 Å². The molecule has 0 aliphatic carbocycles. The Bertz CT molecular complexity index is 10200. The maximum Gasteiger partial charge on any atom is 0.0722 e. The van der Waals surface area contributed by atoms with E-state index in [-0.39, 0.29) is 0 Å². The van der Waals surface area contributed by atoms with Crippen LogP contribution in [0.2, 0.25) is 0 Å². The summed E-state index contributed by atoms with van der Waals surface area (Å²) in [6, 6.07) is 204. The van der Waals surface area contributed by atoms with E-state index >= 15 is 0 Å². The Balaban J connectivity index is 0.000000110. The van der Waals surface area contributed by atoms with Crippen LogP contribution in [0.15, 0.2) is 564 Å². The molecule has 148 heavy (non-hydrogen) atoms. The third kappa shape index (κ3) is 15.9. The first kappa shape index (κ1) is 87.6. The lowest BCUT2D eigenvalue weighted by molar-refractivity contribution is 1.40. The van der Waals surface area contributed by atoms with Crippen molar-refractivity contribution in [2.24, 2.45) is 0 Å². The first-order chi connectivity index (χ1) is 73.4. The van der Waals surface area contributed by atoms with Crippen LogP contribution in [-0.2, 0) is 0 Å². The summed E-state index contributed by atoms with van der Waals surface area (Å²) >= 11 is 0. The van der Waals surface area contributed by atoms with E-state index in [1.54, 1.807) is 0 Å². The maximum absolute atomic E-state index is 5.20. The molecule has 3 heteroatoms. The fraction of sp³-hybridized carbons (Fsp3) is 0. The third-order valence-electron chi connectivity index (χ3n) is 29.8. The van der Waals surface area contributed by atoms with Crippen molar-refractivity contribution in [1.82, 2.24) is 15.0 Å². The molecular formula is C145H93N3. The summed E-state index contributed by atoms with van der Waals surface area (Å²) in [5.41, 5.74) is 33.7. The Morgan fingerprint density at radius 3 is 0.635 bits per heavy atom. The summed E-state index contributed by atoms with van der Waals surface area (Å²) in [7, 11) is 0. The molecule has 0 saturated carbocycles. The van der Waals surface area contributed by atoms with Gasteiger partial charge in [0, 0.05) is 32.8 Å². The van der Waals surface area contributed by atoms with Gasteiger partial charge in [0.05, 0.1) is 33.6 Å². The molecule has 0 aliphatic rings. The molecule has 0 aliphatic heterocycles. The van der Waals surface area contributed by atoms with E-state index < -0.39 is 0 Å². The molecule has 0 unspecified atom stereocenters. The van der Waals surface area contributed by atoms with E-state index in [4.69, 9.17) is 15.0 Å². The Labute approximate surface area is 858 Å². The second-order valence-corrected chi connectivity index (χ2v) is 38.4. The highest BCUT2D eigenvalue weighted by Gasteiger charge is 2.26. The Hall–Kier alpha value is -19.5. The van der Waals surface area contributed by atoms with Gasteiger partial charge in [-0.05, 0) is 286 Å². The first-order valence-electron chi connectivity index (χ1n) is 50.9. The van der Waals surface area contributed by atoms with Gasteiger partial charge in [0.15, 0.2) is 0 Å². The van der Waals surface area contributed by atoms with Crippen LogP contribution < -0.4 is 0 Å². The zero-order valence-corrected chi connectivity index (χ0v) is 81.0. The summed E-state index contributed by atoms with van der Waals surface area (Å²) in [6.07, 6.45) is 0. The van der Waals surface area contributed by atoms with Crippen LogP contribution in [0.1, 0.15) is 0 Å². The summed E-state index contributed by atoms with van der Waals surface area (Å²) in [6.45, 7) is 0. The lowest BCUT2D eigenvalue weighted by atomic mass is 9.84. The topological polar surface area (TPSA) is 38.7 Å². The van der Waals surface area contributed by atoms with Gasteiger partial charge in [-0.2, -0.15) is 0 Å². The van der Waals surface area contributed by atoms with Gasteiger partial charge in [0.2, 0.25) is 0 Å². The largest absolute Gasteiger partial charge is 0.248 e. The van der Waals surface area contributed by atoms with Crippen molar-refractivity contribution < 1.29 is 0 Å². The number of hydrogen-bond acceptors (Lipinski definition) is 3. The van der Waals surface area contributed by atoms with Gasteiger partial charge in [0.1, 0.15) is 0 Å². The first-order valence-corrected chi connectivity index (χ1v) is 50.9. The van der Waals surface area contributed by atoms with Gasteiger partial charge >= 0.3 is 0 Å². The second kappa shape index (κ2) is 37.8. The van der Waals surface area contributed by atoms with Gasteiger partial charge in [-0.15, -0.1) is 0 Å². The van der Waals surface area contributed by atoms with Crippen LogP contribution in [0.4, 0.5) is 0 Å². The Morgan fingerprint density at radius 1 is 0.101 bits per heavy atom. The molecule has 29 rings (SSSR count). The molecule has 0 bridgehead atoms. The van der Waals surface area contributed by atoms with Gasteiger partial charge in [0.25, 0.3) is 0 Å². The van der Waals surface area contributed by atoms with Crippen molar-refractivity contribution in [3.63, 3.8) is 0 Å². The number of fused-ring (bicyclic) bond motifs is 16. The van der Waals surface area contributed by atoms with E-state index in [1.165, 1.54) is 235 Å². The summed E-state index contributed by atoms with van der Waals surface area (Å²) < 4.78 is 0. The average Bonchev–Trinajstić information content (AvgIpc) is 0.738. The van der Waals surface area contributed by atoms with Gasteiger partial charge in [-0.1, -0.05) is 497 Å². The van der Waals surface area contributed by atoms with Crippen LogP contribution in [0.3, 0.4) is 0 Å². The number of benzene rings is 26. The van der Waals surface area contributed by atoms with Gasteiger partial charge in [-0.3, -0.25) is 0 Å². The minimum Gasteiger partial charge on any atom is -0.248 e. The number of rotatable bonds is 13. The number of hydrogen-bond donors (Lipinski definition) is 0. The Morgan fingerprint density at radius 2 is 0.311 bits per heavy atom. The van der Waals surface area contributed by atoms with E-state index in [1.807, 2.05) is 0 Å². The number of aromatic nitrogens is 3. The SMILES string of the molecule is c1ccc(-c2cc(-c3cccc(-c4c5ccccc5c(-c5ccc6ccccc6c5)c5ccccc45)c3)c3c(ccc4ccccc43)n2)cc1.c1ccc(-c2cc(-c3cccc(-c4c5ccccc5c(-c5ccccc5)c5ccccc45)c3)c3c(ccc4ccccc43)n2)cc1.c1ccc(-c2cc(-c3cccc(-c4ccc5c(-c6ccccc6)c6ccccc6c(-c6ccccc6)c5c4)c3)c3c(ccc4ccccc43)n2)cc1. The van der Waals surface area contributed by atoms with Crippen molar-refractivity contribution in [3.8, 4) is 145 Å². The maximum atomic E-state index is 5.20. The zero-order chi connectivity index (χ0) is 97.9. The van der Waals surface area contributed by atoms with E-state index in [2.05, 4.69) is 564 Å². The lowest BCUT2D eigenvalue weighted by Gasteiger charge is -2.19. The number of nitrogens with zero attached hydrogens (tertiary/aromatic N) is 3. The minimum atomic E-state index is 0.974. The van der Waals surface area contributed by atoms with E-state index in [0.717, 1.165) is 50.3 Å². The molecule has 3 heterocycles. The fourth-order valence-corrected chi connectivity index (χ4v) is 23.2.